The molecular formula is C25H38Cl2SiZr-2. The van der Waals surface area contributed by atoms with Crippen molar-refractivity contribution in [2.45, 2.75) is 90.4 Å². The van der Waals surface area contributed by atoms with E-state index in [1.807, 2.05) is 19.0 Å². The van der Waals surface area contributed by atoms with Crippen LogP contribution in [0.25, 0.3) is 0 Å². The van der Waals surface area contributed by atoms with Gasteiger partial charge in [0, 0.05) is 0 Å². The van der Waals surface area contributed by atoms with Crippen molar-refractivity contribution in [2.75, 3.05) is 0 Å². The molecule has 2 aromatic carbocycles. The van der Waals surface area contributed by atoms with Crippen molar-refractivity contribution < 1.29 is 48.1 Å². The Labute approximate surface area is 208 Å². The molecule has 0 amide bonds. The van der Waals surface area contributed by atoms with Gasteiger partial charge in [-0.2, -0.15) is 41.0 Å². The van der Waals surface area contributed by atoms with Crippen molar-refractivity contribution in [3.8, 4) is 0 Å². The van der Waals surface area contributed by atoms with Gasteiger partial charge in [-0.15, -0.1) is 0 Å². The maximum atomic E-state index is 2.60. The Kier molecular flexibility index (Phi) is 16.3. The molecule has 2 unspecified atom stereocenters. The normalized spacial score (nSPS) is 21.4. The molecule has 0 saturated heterocycles. The van der Waals surface area contributed by atoms with Gasteiger partial charge in [-0.1, -0.05) is 78.1 Å². The van der Waals surface area contributed by atoms with Gasteiger partial charge < -0.3 is 24.8 Å². The topological polar surface area (TPSA) is 0 Å². The standard InChI is InChI=1S/C19H29.C6H7.2ClH.H2Si.Zr/c1-14-8-6-7-11-18(14)17-12-15(2)19(13-17)16-9-4-3-5-10-16;1-6-4-2-3-5-6;;;;/h12-14,16,18H,3-11H2,1-2H3;2-5H,1H3;2*1H;1H2;/q2*-1;;;;+2/p-2. The van der Waals surface area contributed by atoms with Crippen molar-refractivity contribution in [1.82, 2.24) is 0 Å². The molecular weight excluding hydrogens is 490 g/mol. The van der Waals surface area contributed by atoms with Gasteiger partial charge >= 0.3 is 30.2 Å². The number of aryl methyl sites for hydroxylation is 2. The Morgan fingerprint density at radius 2 is 1.55 bits per heavy atom. The third-order valence-corrected chi connectivity index (χ3v) is 6.57. The van der Waals surface area contributed by atoms with Gasteiger partial charge in [0.25, 0.3) is 0 Å². The summed E-state index contributed by atoms with van der Waals surface area (Å²) < 4.78 is 0. The molecule has 0 aliphatic heterocycles. The molecule has 0 nitrogen and oxygen atoms in total. The van der Waals surface area contributed by atoms with E-state index in [2.05, 4.69) is 45.0 Å². The van der Waals surface area contributed by atoms with Crippen LogP contribution in [0.15, 0.2) is 36.4 Å². The summed E-state index contributed by atoms with van der Waals surface area (Å²) in [6.45, 7) is 8.85. The van der Waals surface area contributed by atoms with Crippen LogP contribution in [0.1, 0.15) is 98.8 Å². The molecule has 2 saturated carbocycles. The fourth-order valence-electron chi connectivity index (χ4n) is 5.02. The SMILES string of the molecule is Cc1[cH-]c(C2CCCCC2C)cc1C1CCCCC1.Cc1cc[cH-]c1.[Cl-].[Cl-].[SiH2]=[Zr+2]. The Balaban J connectivity index is 0.000000671. The number of rotatable bonds is 2. The van der Waals surface area contributed by atoms with E-state index in [-0.39, 0.29) is 24.8 Å². The quantitative estimate of drug-likeness (QED) is 0.401. The van der Waals surface area contributed by atoms with Crippen LogP contribution in [-0.2, 0) is 23.3 Å². The number of halogens is 2. The third kappa shape index (κ3) is 9.18. The maximum absolute atomic E-state index is 2.60. The molecule has 2 fully saturated rings. The predicted octanol–water partition coefficient (Wildman–Crippen LogP) is 0.859. The molecule has 0 aromatic heterocycles. The van der Waals surface area contributed by atoms with Gasteiger partial charge in [-0.05, 0) is 18.3 Å². The van der Waals surface area contributed by atoms with Crippen LogP contribution in [0, 0.1) is 19.8 Å². The van der Waals surface area contributed by atoms with Crippen LogP contribution in [0.5, 0.6) is 0 Å². The van der Waals surface area contributed by atoms with Crippen LogP contribution < -0.4 is 24.8 Å². The molecule has 2 aromatic rings. The first kappa shape index (κ1) is 29.4. The predicted molar refractivity (Wildman–Crippen MR) is 118 cm³/mol. The molecule has 2 aliphatic carbocycles. The van der Waals surface area contributed by atoms with Gasteiger partial charge in [0.05, 0.1) is 0 Å². The second-order valence-corrected chi connectivity index (χ2v) is 8.59. The first-order valence-corrected chi connectivity index (χ1v) is 16.9. The van der Waals surface area contributed by atoms with Crippen molar-refractivity contribution in [2.24, 2.45) is 5.92 Å². The molecule has 0 heterocycles. The molecule has 2 aliphatic rings. The van der Waals surface area contributed by atoms with Crippen molar-refractivity contribution in [3.63, 3.8) is 0 Å². The molecule has 0 radical (unpaired) electrons. The fraction of sp³-hybridized carbons (Fsp3) is 0.600. The summed E-state index contributed by atoms with van der Waals surface area (Å²) in [5.41, 5.74) is 6.30. The van der Waals surface area contributed by atoms with Gasteiger partial charge in [-0.3, -0.25) is 0 Å². The first-order valence-electron chi connectivity index (χ1n) is 11.0. The fourth-order valence-corrected chi connectivity index (χ4v) is 5.02. The zero-order valence-electron chi connectivity index (χ0n) is 18.5. The summed E-state index contributed by atoms with van der Waals surface area (Å²) in [6.07, 6.45) is 13.0. The Bertz CT molecular complexity index is 644. The average molecular weight is 529 g/mol. The van der Waals surface area contributed by atoms with Crippen LogP contribution in [-0.4, -0.2) is 6.88 Å². The Morgan fingerprint density at radius 3 is 2.07 bits per heavy atom. The molecule has 0 spiro atoms. The van der Waals surface area contributed by atoms with Crippen LogP contribution in [0.3, 0.4) is 0 Å². The summed E-state index contributed by atoms with van der Waals surface area (Å²) >= 11 is 1.58. The summed E-state index contributed by atoms with van der Waals surface area (Å²) in [5.74, 6) is 2.63. The second kappa shape index (κ2) is 16.1. The number of hydrogen-bond acceptors (Lipinski definition) is 0. The summed E-state index contributed by atoms with van der Waals surface area (Å²) in [7, 11) is 0. The molecule has 2 atom stereocenters. The minimum atomic E-state index is 0. The molecule has 0 N–H and O–H groups in total. The zero-order valence-corrected chi connectivity index (χ0v) is 23.9. The van der Waals surface area contributed by atoms with Gasteiger partial charge in [0.15, 0.2) is 0 Å². The molecule has 29 heavy (non-hydrogen) atoms. The minimum absolute atomic E-state index is 0. The van der Waals surface area contributed by atoms with Gasteiger partial charge in [0.1, 0.15) is 0 Å². The van der Waals surface area contributed by atoms with Crippen molar-refractivity contribution >= 4 is 6.88 Å². The first-order chi connectivity index (χ1) is 13.1. The van der Waals surface area contributed by atoms with Crippen molar-refractivity contribution in [1.29, 1.82) is 0 Å². The van der Waals surface area contributed by atoms with E-state index < -0.39 is 0 Å². The number of hydrogen-bond donors (Lipinski definition) is 0. The molecule has 0 bridgehead atoms. The van der Waals surface area contributed by atoms with Gasteiger partial charge in [0.2, 0.25) is 0 Å². The van der Waals surface area contributed by atoms with E-state index in [1.165, 1.54) is 63.4 Å². The van der Waals surface area contributed by atoms with E-state index in [9.17, 15) is 0 Å². The van der Waals surface area contributed by atoms with Crippen LogP contribution >= 0.6 is 0 Å². The molecule has 162 valence electrons. The van der Waals surface area contributed by atoms with Crippen molar-refractivity contribution in [3.05, 3.63) is 58.7 Å². The second-order valence-electron chi connectivity index (χ2n) is 8.59. The van der Waals surface area contributed by atoms with E-state index in [0.29, 0.717) is 0 Å². The Hall–Kier alpha value is 0.380. The van der Waals surface area contributed by atoms with E-state index in [0.717, 1.165) is 17.8 Å². The third-order valence-electron chi connectivity index (χ3n) is 6.57. The average Bonchev–Trinajstić information content (AvgIpc) is 3.34. The van der Waals surface area contributed by atoms with E-state index >= 15 is 0 Å². The molecule has 4 rings (SSSR count). The summed E-state index contributed by atoms with van der Waals surface area (Å²) in [4.78, 5) is 0. The van der Waals surface area contributed by atoms with Crippen LogP contribution in [0.2, 0.25) is 0 Å². The molecule has 4 heteroatoms. The van der Waals surface area contributed by atoms with Gasteiger partial charge in [-0.25, -0.2) is 17.7 Å². The summed E-state index contributed by atoms with van der Waals surface area (Å²) in [6, 6.07) is 13.4. The van der Waals surface area contributed by atoms with E-state index in [1.54, 1.807) is 40.0 Å². The zero-order chi connectivity index (χ0) is 19.6. The Morgan fingerprint density at radius 1 is 0.931 bits per heavy atom. The summed E-state index contributed by atoms with van der Waals surface area (Å²) in [5, 5.41) is 0. The monoisotopic (exact) mass is 526 g/mol. The van der Waals surface area contributed by atoms with Crippen LogP contribution in [0.4, 0.5) is 0 Å². The van der Waals surface area contributed by atoms with E-state index in [4.69, 9.17) is 0 Å².